The van der Waals surface area contributed by atoms with Crippen LogP contribution < -0.4 is 10.0 Å². The van der Waals surface area contributed by atoms with Gasteiger partial charge in [0.2, 0.25) is 10.0 Å². The van der Waals surface area contributed by atoms with Crippen LogP contribution in [0.25, 0.3) is 0 Å². The fourth-order valence-electron chi connectivity index (χ4n) is 2.63. The third-order valence-electron chi connectivity index (χ3n) is 3.92. The van der Waals surface area contributed by atoms with Crippen LogP contribution in [-0.2, 0) is 20.9 Å². The molecule has 0 saturated carbocycles. The number of carbonyl (C=O) groups excluding carboxylic acids is 1. The number of nitrogens with one attached hydrogen (secondary N) is 2. The minimum absolute atomic E-state index is 0.150. The van der Waals surface area contributed by atoms with Crippen LogP contribution in [0.4, 0.5) is 18.9 Å². The van der Waals surface area contributed by atoms with E-state index in [9.17, 15) is 26.4 Å². The van der Waals surface area contributed by atoms with E-state index in [1.54, 1.807) is 6.92 Å². The minimum Gasteiger partial charge on any atom is -0.462 e. The minimum atomic E-state index is -4.60. The summed E-state index contributed by atoms with van der Waals surface area (Å²) in [6, 6.07) is 8.27. The highest BCUT2D eigenvalue weighted by Gasteiger charge is 2.35. The molecule has 0 saturated heterocycles. The van der Waals surface area contributed by atoms with Gasteiger partial charge in [0.15, 0.2) is 0 Å². The van der Waals surface area contributed by atoms with Crippen molar-refractivity contribution < 1.29 is 31.1 Å². The van der Waals surface area contributed by atoms with Crippen molar-refractivity contribution in [2.45, 2.75) is 24.2 Å². The van der Waals surface area contributed by atoms with Gasteiger partial charge in [-0.2, -0.15) is 17.9 Å². The molecule has 2 aromatic carbocycles. The maximum Gasteiger partial charge on any atom is 0.416 e. The van der Waals surface area contributed by atoms with Crippen LogP contribution in [0.3, 0.4) is 0 Å². The molecule has 2 aromatic rings. The number of rotatable bonds is 3. The average molecular weight is 400 g/mol. The van der Waals surface area contributed by atoms with Crippen LogP contribution in [0, 0.1) is 0 Å². The monoisotopic (exact) mass is 400 g/mol. The SMILES string of the molecule is CCOC(=O)c1ccc([C@H]2Nc3cc(C(F)(F)F)ccc3S(=O)(=O)N2)cc1. The summed E-state index contributed by atoms with van der Waals surface area (Å²) >= 11 is 0. The van der Waals surface area contributed by atoms with Crippen molar-refractivity contribution in [2.24, 2.45) is 0 Å². The number of esters is 1. The lowest BCUT2D eigenvalue weighted by Crippen LogP contribution is -2.38. The van der Waals surface area contributed by atoms with Gasteiger partial charge in [0.05, 0.1) is 23.4 Å². The fourth-order valence-corrected chi connectivity index (χ4v) is 3.92. The Labute approximate surface area is 153 Å². The lowest BCUT2D eigenvalue weighted by Gasteiger charge is -2.29. The first-order valence-corrected chi connectivity index (χ1v) is 9.37. The molecule has 0 fully saturated rings. The zero-order valence-corrected chi connectivity index (χ0v) is 14.8. The molecule has 144 valence electrons. The van der Waals surface area contributed by atoms with E-state index in [1.165, 1.54) is 24.3 Å². The number of ether oxygens (including phenoxy) is 1. The molecule has 6 nitrogen and oxygen atoms in total. The molecule has 0 bridgehead atoms. The first-order valence-electron chi connectivity index (χ1n) is 7.89. The lowest BCUT2D eigenvalue weighted by atomic mass is 10.1. The van der Waals surface area contributed by atoms with Gasteiger partial charge in [-0.05, 0) is 42.8 Å². The van der Waals surface area contributed by atoms with E-state index in [0.717, 1.165) is 12.1 Å². The van der Waals surface area contributed by atoms with Crippen LogP contribution in [-0.4, -0.2) is 21.0 Å². The van der Waals surface area contributed by atoms with E-state index in [1.807, 2.05) is 0 Å². The summed E-state index contributed by atoms with van der Waals surface area (Å²) in [5.74, 6) is -0.526. The number of alkyl halides is 3. The number of benzene rings is 2. The van der Waals surface area contributed by atoms with E-state index in [0.29, 0.717) is 11.6 Å². The van der Waals surface area contributed by atoms with E-state index >= 15 is 0 Å². The third-order valence-corrected chi connectivity index (χ3v) is 5.41. The van der Waals surface area contributed by atoms with Crippen LogP contribution in [0.2, 0.25) is 0 Å². The second kappa shape index (κ2) is 6.86. The Hall–Kier alpha value is -2.59. The van der Waals surface area contributed by atoms with Gasteiger partial charge in [-0.3, -0.25) is 0 Å². The molecule has 10 heteroatoms. The Morgan fingerprint density at radius 2 is 1.81 bits per heavy atom. The Morgan fingerprint density at radius 1 is 1.15 bits per heavy atom. The number of hydrogen-bond acceptors (Lipinski definition) is 5. The number of anilines is 1. The Kier molecular flexibility index (Phi) is 4.87. The highest BCUT2D eigenvalue weighted by molar-refractivity contribution is 7.89. The van der Waals surface area contributed by atoms with Crippen LogP contribution in [0.5, 0.6) is 0 Å². The first-order chi connectivity index (χ1) is 12.6. The molecule has 1 aliphatic heterocycles. The summed E-state index contributed by atoms with van der Waals surface area (Å²) in [5.41, 5.74) is -0.404. The Morgan fingerprint density at radius 3 is 2.41 bits per heavy atom. The van der Waals surface area contributed by atoms with Gasteiger partial charge < -0.3 is 10.1 Å². The molecule has 0 aliphatic carbocycles. The molecule has 0 radical (unpaired) electrons. The summed E-state index contributed by atoms with van der Waals surface area (Å²) in [5, 5.41) is 2.75. The summed E-state index contributed by atoms with van der Waals surface area (Å²) in [4.78, 5) is 11.4. The molecule has 27 heavy (non-hydrogen) atoms. The molecule has 1 heterocycles. The largest absolute Gasteiger partial charge is 0.462 e. The summed E-state index contributed by atoms with van der Waals surface area (Å²) in [6.07, 6.45) is -5.58. The number of hydrogen-bond donors (Lipinski definition) is 2. The van der Waals surface area contributed by atoms with E-state index in [4.69, 9.17) is 4.74 Å². The average Bonchev–Trinajstić information content (AvgIpc) is 2.60. The number of carbonyl (C=O) groups is 1. The van der Waals surface area contributed by atoms with E-state index < -0.39 is 33.9 Å². The lowest BCUT2D eigenvalue weighted by molar-refractivity contribution is -0.137. The predicted octanol–water partition coefficient (Wildman–Crippen LogP) is 3.28. The van der Waals surface area contributed by atoms with Gasteiger partial charge in [-0.1, -0.05) is 12.1 Å². The molecular formula is C17H15F3N2O4S. The van der Waals surface area contributed by atoms with Crippen LogP contribution in [0.15, 0.2) is 47.4 Å². The van der Waals surface area contributed by atoms with E-state index in [2.05, 4.69) is 10.0 Å². The van der Waals surface area contributed by atoms with Crippen molar-refractivity contribution >= 4 is 21.7 Å². The first kappa shape index (κ1) is 19.2. The van der Waals surface area contributed by atoms with Crippen molar-refractivity contribution in [3.63, 3.8) is 0 Å². The van der Waals surface area contributed by atoms with Gasteiger partial charge in [0, 0.05) is 0 Å². The molecule has 1 atom stereocenters. The zero-order valence-electron chi connectivity index (χ0n) is 14.0. The molecule has 0 spiro atoms. The Balaban J connectivity index is 1.93. The van der Waals surface area contributed by atoms with Crippen molar-refractivity contribution in [1.29, 1.82) is 0 Å². The fraction of sp³-hybridized carbons (Fsp3) is 0.235. The van der Waals surface area contributed by atoms with Crippen molar-refractivity contribution in [1.82, 2.24) is 4.72 Å². The number of sulfonamides is 1. The van der Waals surface area contributed by atoms with Gasteiger partial charge in [-0.25, -0.2) is 13.2 Å². The standard InChI is InChI=1S/C17H15F3N2O4S/c1-2-26-16(23)11-5-3-10(4-6-11)15-21-13-9-12(17(18,19)20)7-8-14(13)27(24,25)22-15/h3-9,15,21-22H,2H2,1H3/t15-/m0/s1. The van der Waals surface area contributed by atoms with E-state index in [-0.39, 0.29) is 22.8 Å². The highest BCUT2D eigenvalue weighted by atomic mass is 32.2. The normalized spacial score (nSPS) is 18.3. The van der Waals surface area contributed by atoms with Crippen molar-refractivity contribution in [3.8, 4) is 0 Å². The topological polar surface area (TPSA) is 84.5 Å². The third kappa shape index (κ3) is 3.91. The summed E-state index contributed by atoms with van der Waals surface area (Å²) in [7, 11) is -4.01. The maximum atomic E-state index is 12.9. The van der Waals surface area contributed by atoms with Crippen LogP contribution in [0.1, 0.15) is 34.6 Å². The van der Waals surface area contributed by atoms with Crippen LogP contribution >= 0.6 is 0 Å². The molecule has 1 aliphatic rings. The maximum absolute atomic E-state index is 12.9. The summed E-state index contributed by atoms with van der Waals surface area (Å²) < 4.78 is 70.7. The van der Waals surface area contributed by atoms with Crippen molar-refractivity contribution in [2.75, 3.05) is 11.9 Å². The molecule has 0 aromatic heterocycles. The highest BCUT2D eigenvalue weighted by Crippen LogP contribution is 2.37. The van der Waals surface area contributed by atoms with Gasteiger partial charge in [-0.15, -0.1) is 0 Å². The molecule has 0 unspecified atom stereocenters. The molecule has 3 rings (SSSR count). The second-order valence-corrected chi connectivity index (χ2v) is 7.43. The Bertz CT molecular complexity index is 973. The zero-order chi connectivity index (χ0) is 19.8. The number of halogens is 3. The smallest absolute Gasteiger partial charge is 0.416 e. The van der Waals surface area contributed by atoms with Gasteiger partial charge in [0.1, 0.15) is 11.1 Å². The molecule has 2 N–H and O–H groups in total. The van der Waals surface area contributed by atoms with Crippen molar-refractivity contribution in [3.05, 3.63) is 59.2 Å². The quantitative estimate of drug-likeness (QED) is 0.773. The van der Waals surface area contributed by atoms with Gasteiger partial charge >= 0.3 is 12.1 Å². The number of fused-ring (bicyclic) bond motifs is 1. The predicted molar refractivity (Wildman–Crippen MR) is 90.5 cm³/mol. The molecule has 0 amide bonds. The summed E-state index contributed by atoms with van der Waals surface area (Å²) in [6.45, 7) is 1.88. The van der Waals surface area contributed by atoms with Gasteiger partial charge in [0.25, 0.3) is 0 Å². The second-order valence-electron chi connectivity index (χ2n) is 5.75. The molecular weight excluding hydrogens is 385 g/mol.